The van der Waals surface area contributed by atoms with Crippen LogP contribution in [0, 0.1) is 0 Å². The van der Waals surface area contributed by atoms with Crippen molar-refractivity contribution in [1.29, 1.82) is 0 Å². The van der Waals surface area contributed by atoms with Crippen LogP contribution in [0.25, 0.3) is 0 Å². The van der Waals surface area contributed by atoms with Gasteiger partial charge in [0.25, 0.3) is 0 Å². The van der Waals surface area contributed by atoms with Gasteiger partial charge in [0.2, 0.25) is 0 Å². The second-order valence-corrected chi connectivity index (χ2v) is 6.01. The maximum Gasteiger partial charge on any atom is 0.350 e. The molecule has 0 spiro atoms. The molecule has 0 bridgehead atoms. The number of carbonyl (C=O) groups is 1. The second-order valence-electron chi connectivity index (χ2n) is 4.42. The van der Waals surface area contributed by atoms with Crippen LogP contribution in [0.2, 0.25) is 0 Å². The van der Waals surface area contributed by atoms with Gasteiger partial charge in [-0.15, -0.1) is 0 Å². The molecule has 7 nitrogen and oxygen atoms in total. The predicted molar refractivity (Wildman–Crippen MR) is 68.4 cm³/mol. The Bertz CT molecular complexity index is 559. The van der Waals surface area contributed by atoms with Crippen molar-refractivity contribution >= 4 is 19.6 Å². The summed E-state index contributed by atoms with van der Waals surface area (Å²) in [5.74, 6) is 0.00467. The molecule has 1 aliphatic rings. The molecule has 2 heterocycles. The number of ketones is 1. The number of ether oxygens (including phenoxy) is 1. The SMILES string of the molecule is CC(Cc1ccc2n1N=CCC2=O)OCP(=O)(O)O. The number of hydrogen-bond donors (Lipinski definition) is 2. The Balaban J connectivity index is 2.03. The van der Waals surface area contributed by atoms with Gasteiger partial charge >= 0.3 is 7.60 Å². The van der Waals surface area contributed by atoms with Crippen molar-refractivity contribution in [3.63, 3.8) is 0 Å². The monoisotopic (exact) mass is 286 g/mol. The minimum Gasteiger partial charge on any atom is -0.365 e. The molecule has 2 rings (SSSR count). The van der Waals surface area contributed by atoms with Crippen LogP contribution < -0.4 is 0 Å². The quantitative estimate of drug-likeness (QED) is 0.786. The fourth-order valence-electron chi connectivity index (χ4n) is 1.86. The minimum absolute atomic E-state index is 0.00467. The molecule has 1 aromatic rings. The van der Waals surface area contributed by atoms with Gasteiger partial charge in [-0.25, -0.2) is 4.68 Å². The summed E-state index contributed by atoms with van der Waals surface area (Å²) in [6.45, 7) is 1.71. The topological polar surface area (TPSA) is 101 Å². The lowest BCUT2D eigenvalue weighted by Crippen LogP contribution is -2.18. The lowest BCUT2D eigenvalue weighted by molar-refractivity contribution is 0.0872. The number of aromatic nitrogens is 1. The molecule has 104 valence electrons. The zero-order valence-electron chi connectivity index (χ0n) is 10.4. The highest BCUT2D eigenvalue weighted by atomic mass is 31.2. The second kappa shape index (κ2) is 5.38. The molecule has 1 atom stereocenters. The van der Waals surface area contributed by atoms with Crippen molar-refractivity contribution in [3.05, 3.63) is 23.5 Å². The summed E-state index contributed by atoms with van der Waals surface area (Å²) in [6.07, 6.45) is 1.28. The van der Waals surface area contributed by atoms with E-state index in [0.29, 0.717) is 18.5 Å². The third kappa shape index (κ3) is 3.61. The molecule has 2 N–H and O–H groups in total. The smallest absolute Gasteiger partial charge is 0.350 e. The Labute approximate surface area is 110 Å². The zero-order chi connectivity index (χ0) is 14.0. The number of fused-ring (bicyclic) bond motifs is 1. The molecule has 0 aliphatic carbocycles. The van der Waals surface area contributed by atoms with Gasteiger partial charge in [-0.1, -0.05) is 0 Å². The summed E-state index contributed by atoms with van der Waals surface area (Å²) in [6, 6.07) is 3.47. The van der Waals surface area contributed by atoms with Crippen LogP contribution in [-0.2, 0) is 15.7 Å². The molecule has 0 radical (unpaired) electrons. The van der Waals surface area contributed by atoms with Gasteiger partial charge in [-0.3, -0.25) is 9.36 Å². The number of rotatable bonds is 5. The van der Waals surface area contributed by atoms with Crippen molar-refractivity contribution in [3.8, 4) is 0 Å². The van der Waals surface area contributed by atoms with E-state index in [2.05, 4.69) is 5.10 Å². The van der Waals surface area contributed by atoms with Crippen LogP contribution in [0.15, 0.2) is 17.2 Å². The van der Waals surface area contributed by atoms with E-state index in [1.54, 1.807) is 29.9 Å². The average Bonchev–Trinajstić information content (AvgIpc) is 2.71. The summed E-state index contributed by atoms with van der Waals surface area (Å²) in [4.78, 5) is 29.1. The Kier molecular flexibility index (Phi) is 4.01. The number of Topliss-reactive ketones (excluding diaryl/α,β-unsaturated/α-hetero) is 1. The van der Waals surface area contributed by atoms with Gasteiger partial charge in [0.15, 0.2) is 5.78 Å². The fraction of sp³-hybridized carbons (Fsp3) is 0.455. The first-order valence-electron chi connectivity index (χ1n) is 5.79. The Morgan fingerprint density at radius 1 is 1.53 bits per heavy atom. The van der Waals surface area contributed by atoms with E-state index < -0.39 is 13.9 Å². The van der Waals surface area contributed by atoms with E-state index in [9.17, 15) is 9.36 Å². The van der Waals surface area contributed by atoms with E-state index in [1.165, 1.54) is 0 Å². The van der Waals surface area contributed by atoms with Crippen LogP contribution >= 0.6 is 7.60 Å². The molecule has 0 fully saturated rings. The molecule has 1 aromatic heterocycles. The summed E-state index contributed by atoms with van der Waals surface area (Å²) >= 11 is 0. The molecule has 1 unspecified atom stereocenters. The summed E-state index contributed by atoms with van der Waals surface area (Å²) in [5, 5.41) is 4.13. The molecule has 0 saturated heterocycles. The van der Waals surface area contributed by atoms with Gasteiger partial charge in [0, 0.05) is 24.8 Å². The molecule has 1 aliphatic heterocycles. The lowest BCUT2D eigenvalue weighted by atomic mass is 10.2. The van der Waals surface area contributed by atoms with Crippen LogP contribution in [0.3, 0.4) is 0 Å². The molecular weight excluding hydrogens is 271 g/mol. The van der Waals surface area contributed by atoms with Crippen molar-refractivity contribution < 1.29 is 23.9 Å². The van der Waals surface area contributed by atoms with Gasteiger partial charge in [-0.2, -0.15) is 5.10 Å². The van der Waals surface area contributed by atoms with Crippen LogP contribution in [-0.4, -0.2) is 38.9 Å². The molecule has 19 heavy (non-hydrogen) atoms. The van der Waals surface area contributed by atoms with Crippen LogP contribution in [0.1, 0.15) is 29.5 Å². The molecular formula is C11H15N2O5P. The maximum atomic E-state index is 11.6. The highest BCUT2D eigenvalue weighted by Gasteiger charge is 2.20. The normalized spacial score (nSPS) is 16.5. The highest BCUT2D eigenvalue weighted by Crippen LogP contribution is 2.34. The van der Waals surface area contributed by atoms with E-state index in [1.807, 2.05) is 0 Å². The number of nitrogens with zero attached hydrogens (tertiary/aromatic N) is 2. The zero-order valence-corrected chi connectivity index (χ0v) is 11.3. The Hall–Kier alpha value is -1.27. The largest absolute Gasteiger partial charge is 0.365 e. The lowest BCUT2D eigenvalue weighted by Gasteiger charge is -2.15. The first-order chi connectivity index (χ1) is 8.87. The Morgan fingerprint density at radius 2 is 2.26 bits per heavy atom. The van der Waals surface area contributed by atoms with Crippen molar-refractivity contribution in [2.24, 2.45) is 5.10 Å². The van der Waals surface area contributed by atoms with Gasteiger partial charge in [-0.05, 0) is 19.1 Å². The van der Waals surface area contributed by atoms with Crippen molar-refractivity contribution in [2.75, 3.05) is 6.35 Å². The van der Waals surface area contributed by atoms with Gasteiger partial charge in [0.05, 0.1) is 6.10 Å². The number of carbonyl (C=O) groups excluding carboxylic acids is 1. The highest BCUT2D eigenvalue weighted by molar-refractivity contribution is 7.51. The van der Waals surface area contributed by atoms with Gasteiger partial charge in [0.1, 0.15) is 12.0 Å². The van der Waals surface area contributed by atoms with E-state index >= 15 is 0 Å². The molecule has 0 saturated carbocycles. The van der Waals surface area contributed by atoms with Crippen molar-refractivity contribution in [2.45, 2.75) is 25.9 Å². The van der Waals surface area contributed by atoms with E-state index in [-0.39, 0.29) is 11.9 Å². The van der Waals surface area contributed by atoms with E-state index in [4.69, 9.17) is 14.5 Å². The average molecular weight is 286 g/mol. The van der Waals surface area contributed by atoms with Crippen molar-refractivity contribution in [1.82, 2.24) is 4.68 Å². The first-order valence-corrected chi connectivity index (χ1v) is 7.59. The summed E-state index contributed by atoms with van der Waals surface area (Å²) in [7, 11) is -4.16. The standard InChI is InChI=1S/C11H15N2O5P/c1-8(18-7-19(15,16)17)6-9-2-3-10-11(14)4-5-12-13(9)10/h2-3,5,8H,4,6-7H2,1H3,(H2,15,16,17). The molecule has 8 heteroatoms. The molecule has 0 aromatic carbocycles. The first kappa shape index (κ1) is 14.1. The number of hydrogen-bond acceptors (Lipinski definition) is 4. The summed E-state index contributed by atoms with van der Waals surface area (Å²) < 4.78 is 17.3. The third-order valence-electron chi connectivity index (χ3n) is 2.72. The minimum atomic E-state index is -4.16. The third-order valence-corrected chi connectivity index (χ3v) is 3.20. The fourth-order valence-corrected chi connectivity index (χ4v) is 2.31. The van der Waals surface area contributed by atoms with Crippen LogP contribution in [0.5, 0.6) is 0 Å². The Morgan fingerprint density at radius 3 is 2.95 bits per heavy atom. The maximum absolute atomic E-state index is 11.6. The van der Waals surface area contributed by atoms with Gasteiger partial charge < -0.3 is 14.5 Å². The van der Waals surface area contributed by atoms with Crippen LogP contribution in [0.4, 0.5) is 0 Å². The predicted octanol–water partition coefficient (Wildman–Crippen LogP) is 0.991. The van der Waals surface area contributed by atoms with E-state index in [0.717, 1.165) is 5.69 Å². The summed E-state index contributed by atoms with van der Waals surface area (Å²) in [5.41, 5.74) is 1.30. The molecule has 0 amide bonds.